The topological polar surface area (TPSA) is 72.5 Å². The van der Waals surface area contributed by atoms with E-state index in [1.807, 2.05) is 0 Å². The van der Waals surface area contributed by atoms with Crippen LogP contribution in [-0.4, -0.2) is 55.5 Å². The fourth-order valence-corrected chi connectivity index (χ4v) is 2.94. The van der Waals surface area contributed by atoms with Crippen LogP contribution in [0.2, 0.25) is 0 Å². The van der Waals surface area contributed by atoms with E-state index in [4.69, 9.17) is 0 Å². The summed E-state index contributed by atoms with van der Waals surface area (Å²) in [5.74, 6) is 0.697. The van der Waals surface area contributed by atoms with Gasteiger partial charge >= 0.3 is 0 Å². The molecule has 27 heavy (non-hydrogen) atoms. The molecule has 1 aromatic carbocycles. The minimum atomic E-state index is -0.00434. The predicted molar refractivity (Wildman–Crippen MR) is 113 cm³/mol. The summed E-state index contributed by atoms with van der Waals surface area (Å²) in [6, 6.07) is 6.47. The van der Waals surface area contributed by atoms with Gasteiger partial charge in [-0.15, -0.1) is 0 Å². The fraction of sp³-hybridized carbons (Fsp3) is 0.524. The predicted octanol–water partition coefficient (Wildman–Crippen LogP) is 2.70. The molecule has 2 rings (SSSR count). The van der Waals surface area contributed by atoms with Crippen LogP contribution in [0.3, 0.4) is 0 Å². The standard InChI is InChI=1S/C21H33N5O/c1-5-7-12-22-21(25-15-19(27)26(3)4)23-13-11-17-14-24-20-16(6-2)9-8-10-18(17)20/h8-10,14,24H,5-7,11-13,15H2,1-4H3,(H2,22,23,25). The Morgan fingerprint density at radius 2 is 1.93 bits per heavy atom. The summed E-state index contributed by atoms with van der Waals surface area (Å²) in [7, 11) is 3.49. The number of likely N-dealkylation sites (N-methyl/N-ethyl adjacent to an activating group) is 1. The summed E-state index contributed by atoms with van der Waals surface area (Å²) in [4.78, 5) is 21.2. The van der Waals surface area contributed by atoms with E-state index in [0.717, 1.165) is 38.8 Å². The Morgan fingerprint density at radius 3 is 2.63 bits per heavy atom. The summed E-state index contributed by atoms with van der Waals surface area (Å²) in [6.07, 6.45) is 6.20. The lowest BCUT2D eigenvalue weighted by Crippen LogP contribution is -2.39. The molecule has 1 aromatic heterocycles. The summed E-state index contributed by atoms with van der Waals surface area (Å²) < 4.78 is 0. The molecule has 0 aliphatic rings. The number of para-hydroxylation sites is 1. The number of hydrogen-bond donors (Lipinski definition) is 3. The number of H-pyrrole nitrogens is 1. The van der Waals surface area contributed by atoms with Gasteiger partial charge in [-0.3, -0.25) is 4.79 Å². The van der Waals surface area contributed by atoms with Crippen LogP contribution < -0.4 is 10.6 Å². The SMILES string of the molecule is CCCCNC(=NCC(=O)N(C)C)NCCc1c[nH]c2c(CC)cccc12. The van der Waals surface area contributed by atoms with Gasteiger partial charge in [-0.05, 0) is 30.4 Å². The molecule has 2 aromatic rings. The van der Waals surface area contributed by atoms with Gasteiger partial charge in [0.15, 0.2) is 5.96 Å². The third-order valence-electron chi connectivity index (χ3n) is 4.65. The first-order chi connectivity index (χ1) is 13.1. The van der Waals surface area contributed by atoms with Gasteiger partial charge in [-0.1, -0.05) is 38.5 Å². The van der Waals surface area contributed by atoms with E-state index in [0.29, 0.717) is 5.96 Å². The molecule has 0 atom stereocenters. The Hall–Kier alpha value is -2.50. The Bertz CT molecular complexity index is 763. The quantitative estimate of drug-likeness (QED) is 0.360. The molecular weight excluding hydrogens is 338 g/mol. The van der Waals surface area contributed by atoms with Crippen molar-refractivity contribution < 1.29 is 4.79 Å². The number of aliphatic imine (C=N–C) groups is 1. The number of rotatable bonds is 9. The molecular formula is C21H33N5O. The molecule has 0 saturated heterocycles. The number of hydrogen-bond acceptors (Lipinski definition) is 2. The first-order valence-corrected chi connectivity index (χ1v) is 9.87. The largest absolute Gasteiger partial charge is 0.361 e. The molecule has 1 heterocycles. The molecule has 1 amide bonds. The molecule has 0 spiro atoms. The van der Waals surface area contributed by atoms with E-state index >= 15 is 0 Å². The van der Waals surface area contributed by atoms with Crippen molar-refractivity contribution in [2.24, 2.45) is 4.99 Å². The average molecular weight is 372 g/mol. The van der Waals surface area contributed by atoms with Gasteiger partial charge in [0, 0.05) is 44.3 Å². The molecule has 6 heteroatoms. The van der Waals surface area contributed by atoms with Gasteiger partial charge in [-0.25, -0.2) is 4.99 Å². The van der Waals surface area contributed by atoms with Gasteiger partial charge in [0.25, 0.3) is 0 Å². The smallest absolute Gasteiger partial charge is 0.243 e. The van der Waals surface area contributed by atoms with Crippen LogP contribution >= 0.6 is 0 Å². The van der Waals surface area contributed by atoms with Crippen molar-refractivity contribution in [1.82, 2.24) is 20.5 Å². The Labute approximate surface area is 162 Å². The van der Waals surface area contributed by atoms with Crippen molar-refractivity contribution in [3.8, 4) is 0 Å². The second kappa shape index (κ2) is 10.6. The zero-order valence-corrected chi connectivity index (χ0v) is 17.1. The summed E-state index contributed by atoms with van der Waals surface area (Å²) in [5, 5.41) is 7.96. The van der Waals surface area contributed by atoms with Crippen molar-refractivity contribution in [1.29, 1.82) is 0 Å². The Morgan fingerprint density at radius 1 is 1.15 bits per heavy atom. The van der Waals surface area contributed by atoms with E-state index < -0.39 is 0 Å². The number of carbonyl (C=O) groups excluding carboxylic acids is 1. The number of unbranched alkanes of at least 4 members (excludes halogenated alkanes) is 1. The van der Waals surface area contributed by atoms with Crippen LogP contribution in [0.15, 0.2) is 29.4 Å². The Kier molecular flexibility index (Phi) is 8.17. The zero-order chi connectivity index (χ0) is 19.6. The van der Waals surface area contributed by atoms with Crippen LogP contribution in [0.4, 0.5) is 0 Å². The number of aromatic amines is 1. The monoisotopic (exact) mass is 371 g/mol. The maximum atomic E-state index is 11.8. The fourth-order valence-electron chi connectivity index (χ4n) is 2.94. The summed E-state index contributed by atoms with van der Waals surface area (Å²) in [6.45, 7) is 6.10. The first-order valence-electron chi connectivity index (χ1n) is 9.87. The van der Waals surface area contributed by atoms with Gasteiger partial charge in [0.1, 0.15) is 6.54 Å². The molecule has 6 nitrogen and oxygen atoms in total. The van der Waals surface area contributed by atoms with Crippen LogP contribution in [0.25, 0.3) is 10.9 Å². The lowest BCUT2D eigenvalue weighted by molar-refractivity contribution is -0.127. The number of aryl methyl sites for hydroxylation is 1. The van der Waals surface area contributed by atoms with Crippen LogP contribution in [-0.2, 0) is 17.6 Å². The number of guanidine groups is 1. The maximum absolute atomic E-state index is 11.8. The molecule has 0 bridgehead atoms. The molecule has 0 unspecified atom stereocenters. The maximum Gasteiger partial charge on any atom is 0.243 e. The zero-order valence-electron chi connectivity index (χ0n) is 17.1. The number of carbonyl (C=O) groups is 1. The Balaban J connectivity index is 1.97. The van der Waals surface area contributed by atoms with Crippen LogP contribution in [0.1, 0.15) is 37.8 Å². The lowest BCUT2D eigenvalue weighted by Gasteiger charge is -2.13. The van der Waals surface area contributed by atoms with E-state index in [9.17, 15) is 4.79 Å². The van der Waals surface area contributed by atoms with E-state index in [-0.39, 0.29) is 12.5 Å². The second-order valence-corrected chi connectivity index (χ2v) is 6.92. The van der Waals surface area contributed by atoms with Crippen molar-refractivity contribution in [2.75, 3.05) is 33.7 Å². The van der Waals surface area contributed by atoms with Gasteiger partial charge in [0.05, 0.1) is 0 Å². The molecule has 3 N–H and O–H groups in total. The molecule has 0 saturated carbocycles. The number of amides is 1. The van der Waals surface area contributed by atoms with Crippen LogP contribution in [0, 0.1) is 0 Å². The number of nitrogens with zero attached hydrogens (tertiary/aromatic N) is 2. The van der Waals surface area contributed by atoms with E-state index in [1.54, 1.807) is 19.0 Å². The van der Waals surface area contributed by atoms with E-state index in [2.05, 4.69) is 58.9 Å². The third-order valence-corrected chi connectivity index (χ3v) is 4.65. The minimum Gasteiger partial charge on any atom is -0.361 e. The van der Waals surface area contributed by atoms with Crippen LogP contribution in [0.5, 0.6) is 0 Å². The number of nitrogens with one attached hydrogen (secondary N) is 3. The van der Waals surface area contributed by atoms with Crippen molar-refractivity contribution in [2.45, 2.75) is 39.5 Å². The summed E-state index contributed by atoms with van der Waals surface area (Å²) >= 11 is 0. The van der Waals surface area contributed by atoms with E-state index in [1.165, 1.54) is 22.0 Å². The highest BCUT2D eigenvalue weighted by atomic mass is 16.2. The molecule has 0 radical (unpaired) electrons. The highest BCUT2D eigenvalue weighted by Gasteiger charge is 2.08. The van der Waals surface area contributed by atoms with Gasteiger partial charge in [0.2, 0.25) is 5.91 Å². The highest BCUT2D eigenvalue weighted by molar-refractivity contribution is 5.86. The molecule has 0 aliphatic heterocycles. The van der Waals surface area contributed by atoms with Crippen molar-refractivity contribution >= 4 is 22.8 Å². The number of benzene rings is 1. The number of fused-ring (bicyclic) bond motifs is 1. The molecule has 148 valence electrons. The highest BCUT2D eigenvalue weighted by Crippen LogP contribution is 2.22. The second-order valence-electron chi connectivity index (χ2n) is 6.92. The van der Waals surface area contributed by atoms with Crippen molar-refractivity contribution in [3.63, 3.8) is 0 Å². The summed E-state index contributed by atoms with van der Waals surface area (Å²) in [5.41, 5.74) is 3.88. The number of aromatic nitrogens is 1. The normalized spacial score (nSPS) is 11.6. The minimum absolute atomic E-state index is 0.00434. The molecule has 0 aliphatic carbocycles. The first kappa shape index (κ1) is 20.8. The lowest BCUT2D eigenvalue weighted by atomic mass is 10.1. The van der Waals surface area contributed by atoms with Gasteiger partial charge in [-0.2, -0.15) is 0 Å². The average Bonchev–Trinajstić information content (AvgIpc) is 3.08. The molecule has 0 fully saturated rings. The van der Waals surface area contributed by atoms with Gasteiger partial charge < -0.3 is 20.5 Å². The third kappa shape index (κ3) is 6.01. The van der Waals surface area contributed by atoms with Crippen molar-refractivity contribution in [3.05, 3.63) is 35.5 Å².